The summed E-state index contributed by atoms with van der Waals surface area (Å²) in [5.74, 6) is -1.97. The van der Waals surface area contributed by atoms with Crippen molar-refractivity contribution in [1.82, 2.24) is 0 Å². The quantitative estimate of drug-likeness (QED) is 0.581. The van der Waals surface area contributed by atoms with Crippen molar-refractivity contribution in [1.29, 1.82) is 0 Å². The van der Waals surface area contributed by atoms with Gasteiger partial charge in [-0.3, -0.25) is 4.79 Å². The third kappa shape index (κ3) is 2.15. The highest BCUT2D eigenvalue weighted by molar-refractivity contribution is 9.10. The molecule has 1 aliphatic carbocycles. The molecular formula is C13H13BrF2O. The van der Waals surface area contributed by atoms with Crippen LogP contribution < -0.4 is 0 Å². The largest absolute Gasteiger partial charge is 0.293 e. The molecule has 0 aromatic heterocycles. The minimum Gasteiger partial charge on any atom is -0.293 e. The molecule has 1 nitrogen and oxygen atoms in total. The molecule has 0 unspecified atom stereocenters. The fourth-order valence-corrected chi connectivity index (χ4v) is 2.75. The van der Waals surface area contributed by atoms with Gasteiger partial charge in [-0.1, -0.05) is 19.8 Å². The highest BCUT2D eigenvalue weighted by Crippen LogP contribution is 2.41. The van der Waals surface area contributed by atoms with E-state index in [0.29, 0.717) is 12.8 Å². The standard InChI is InChI=1S/C13H13BrF2O/c1-13(6-2-3-7-13)12(17)10-9(15)5-4-8(14)11(10)16/h4-5H,2-3,6-7H2,1H3. The van der Waals surface area contributed by atoms with Crippen LogP contribution in [0.15, 0.2) is 16.6 Å². The number of hydrogen-bond donors (Lipinski definition) is 0. The van der Waals surface area contributed by atoms with Gasteiger partial charge in [0.1, 0.15) is 5.82 Å². The summed E-state index contributed by atoms with van der Waals surface area (Å²) in [6.45, 7) is 1.79. The molecule has 1 aromatic rings. The zero-order chi connectivity index (χ0) is 12.6. The Morgan fingerprint density at radius 3 is 2.47 bits per heavy atom. The molecule has 1 aliphatic rings. The Balaban J connectivity index is 2.47. The van der Waals surface area contributed by atoms with E-state index in [1.807, 2.05) is 0 Å². The number of hydrogen-bond acceptors (Lipinski definition) is 1. The van der Waals surface area contributed by atoms with Crippen LogP contribution >= 0.6 is 15.9 Å². The Labute approximate surface area is 107 Å². The highest BCUT2D eigenvalue weighted by atomic mass is 79.9. The van der Waals surface area contributed by atoms with Crippen LogP contribution in [0.2, 0.25) is 0 Å². The lowest BCUT2D eigenvalue weighted by molar-refractivity contribution is 0.0814. The monoisotopic (exact) mass is 302 g/mol. The molecule has 1 aromatic carbocycles. The van der Waals surface area contributed by atoms with Crippen LogP contribution in [-0.2, 0) is 0 Å². The average Bonchev–Trinajstić information content (AvgIpc) is 2.72. The van der Waals surface area contributed by atoms with Gasteiger partial charge in [0.25, 0.3) is 0 Å². The van der Waals surface area contributed by atoms with Crippen LogP contribution in [0, 0.1) is 17.0 Å². The maximum atomic E-state index is 13.8. The molecule has 1 saturated carbocycles. The minimum absolute atomic E-state index is 0.129. The normalized spacial score (nSPS) is 18.4. The molecule has 0 amide bonds. The Morgan fingerprint density at radius 2 is 1.88 bits per heavy atom. The zero-order valence-electron chi connectivity index (χ0n) is 9.53. The van der Waals surface area contributed by atoms with Gasteiger partial charge in [0.05, 0.1) is 10.0 Å². The molecule has 0 heterocycles. The lowest BCUT2D eigenvalue weighted by atomic mass is 9.80. The van der Waals surface area contributed by atoms with Gasteiger partial charge in [-0.05, 0) is 40.9 Å². The first-order valence-corrected chi connectivity index (χ1v) is 6.43. The molecule has 2 rings (SSSR count). The van der Waals surface area contributed by atoms with Gasteiger partial charge in [-0.2, -0.15) is 0 Å². The molecule has 92 valence electrons. The fraction of sp³-hybridized carbons (Fsp3) is 0.462. The van der Waals surface area contributed by atoms with Crippen molar-refractivity contribution in [3.05, 3.63) is 33.8 Å². The average molecular weight is 303 g/mol. The summed E-state index contributed by atoms with van der Waals surface area (Å²) in [5.41, 5.74) is -1.01. The number of halogens is 3. The Kier molecular flexibility index (Phi) is 3.34. The van der Waals surface area contributed by atoms with Gasteiger partial charge in [0, 0.05) is 5.41 Å². The maximum Gasteiger partial charge on any atom is 0.174 e. The smallest absolute Gasteiger partial charge is 0.174 e. The zero-order valence-corrected chi connectivity index (χ0v) is 11.1. The van der Waals surface area contributed by atoms with Crippen LogP contribution in [0.5, 0.6) is 0 Å². The molecule has 4 heteroatoms. The van der Waals surface area contributed by atoms with Crippen molar-refractivity contribution < 1.29 is 13.6 Å². The Morgan fingerprint density at radius 1 is 1.29 bits per heavy atom. The van der Waals surface area contributed by atoms with E-state index < -0.39 is 28.4 Å². The number of benzene rings is 1. The fourth-order valence-electron chi connectivity index (χ4n) is 2.42. The number of carbonyl (C=O) groups excluding carboxylic acids is 1. The number of carbonyl (C=O) groups is 1. The molecule has 0 saturated heterocycles. The van der Waals surface area contributed by atoms with Gasteiger partial charge in [0.15, 0.2) is 11.6 Å². The molecule has 1 fully saturated rings. The number of rotatable bonds is 2. The summed E-state index contributed by atoms with van der Waals surface area (Å²) >= 11 is 2.98. The van der Waals surface area contributed by atoms with Gasteiger partial charge in [-0.15, -0.1) is 0 Å². The van der Waals surface area contributed by atoms with E-state index in [4.69, 9.17) is 0 Å². The lowest BCUT2D eigenvalue weighted by Crippen LogP contribution is -2.26. The molecule has 0 spiro atoms. The summed E-state index contributed by atoms with van der Waals surface area (Å²) in [5, 5.41) is 0. The van der Waals surface area contributed by atoms with E-state index >= 15 is 0 Å². The summed E-state index contributed by atoms with van der Waals surface area (Å²) in [7, 11) is 0. The molecule has 0 atom stereocenters. The summed E-state index contributed by atoms with van der Waals surface area (Å²) in [6.07, 6.45) is 3.30. The topological polar surface area (TPSA) is 17.1 Å². The predicted octanol–water partition coefficient (Wildman–Crippen LogP) is 4.49. The van der Waals surface area contributed by atoms with E-state index in [-0.39, 0.29) is 4.47 Å². The summed E-state index contributed by atoms with van der Waals surface area (Å²) < 4.78 is 27.6. The van der Waals surface area contributed by atoms with Crippen LogP contribution in [-0.4, -0.2) is 5.78 Å². The lowest BCUT2D eigenvalue weighted by Gasteiger charge is -2.22. The molecule has 0 aliphatic heterocycles. The van der Waals surface area contributed by atoms with Crippen LogP contribution in [0.3, 0.4) is 0 Å². The molecule has 0 bridgehead atoms. The number of ketones is 1. The second-order valence-corrected chi connectivity index (χ2v) is 5.67. The Hall–Kier alpha value is -0.770. The molecule has 0 N–H and O–H groups in total. The SMILES string of the molecule is CC1(C(=O)c2c(F)ccc(Br)c2F)CCCC1. The van der Waals surface area contributed by atoms with E-state index in [0.717, 1.165) is 18.9 Å². The van der Waals surface area contributed by atoms with Crippen molar-refractivity contribution >= 4 is 21.7 Å². The molecule has 0 radical (unpaired) electrons. The van der Waals surface area contributed by atoms with Crippen molar-refractivity contribution in [3.63, 3.8) is 0 Å². The second-order valence-electron chi connectivity index (χ2n) is 4.82. The van der Waals surface area contributed by atoms with E-state index in [9.17, 15) is 13.6 Å². The van der Waals surface area contributed by atoms with Gasteiger partial charge >= 0.3 is 0 Å². The first-order valence-electron chi connectivity index (χ1n) is 5.64. The van der Waals surface area contributed by atoms with E-state index in [2.05, 4.69) is 15.9 Å². The van der Waals surface area contributed by atoms with Gasteiger partial charge in [0.2, 0.25) is 0 Å². The van der Waals surface area contributed by atoms with Crippen LogP contribution in [0.1, 0.15) is 43.0 Å². The van der Waals surface area contributed by atoms with Gasteiger partial charge in [-0.25, -0.2) is 8.78 Å². The molecular weight excluding hydrogens is 290 g/mol. The van der Waals surface area contributed by atoms with E-state index in [1.165, 1.54) is 6.07 Å². The molecule has 17 heavy (non-hydrogen) atoms. The second kappa shape index (κ2) is 4.48. The highest BCUT2D eigenvalue weighted by Gasteiger charge is 2.39. The maximum absolute atomic E-state index is 13.8. The first kappa shape index (κ1) is 12.7. The summed E-state index contributed by atoms with van der Waals surface area (Å²) in [6, 6.07) is 2.40. The summed E-state index contributed by atoms with van der Waals surface area (Å²) in [4.78, 5) is 12.3. The van der Waals surface area contributed by atoms with Crippen molar-refractivity contribution in [3.8, 4) is 0 Å². The first-order chi connectivity index (χ1) is 7.96. The predicted molar refractivity (Wildman–Crippen MR) is 65.0 cm³/mol. The van der Waals surface area contributed by atoms with E-state index in [1.54, 1.807) is 6.92 Å². The van der Waals surface area contributed by atoms with Crippen molar-refractivity contribution in [2.75, 3.05) is 0 Å². The third-order valence-electron chi connectivity index (χ3n) is 3.53. The van der Waals surface area contributed by atoms with Gasteiger partial charge < -0.3 is 0 Å². The number of Topliss-reactive ketones (excluding diaryl/α,β-unsaturated/α-hetero) is 1. The Bertz CT molecular complexity index is 465. The van der Waals surface area contributed by atoms with Crippen molar-refractivity contribution in [2.24, 2.45) is 5.41 Å². The van der Waals surface area contributed by atoms with Crippen LogP contribution in [0.25, 0.3) is 0 Å². The van der Waals surface area contributed by atoms with Crippen LogP contribution in [0.4, 0.5) is 8.78 Å². The third-order valence-corrected chi connectivity index (χ3v) is 4.14. The van der Waals surface area contributed by atoms with Crippen molar-refractivity contribution in [2.45, 2.75) is 32.6 Å². The minimum atomic E-state index is -0.789.